The summed E-state index contributed by atoms with van der Waals surface area (Å²) in [5.74, 6) is 0.813. The number of fused-ring (bicyclic) bond motifs is 1. The monoisotopic (exact) mass is 546 g/mol. The Hall–Kier alpha value is -4.21. The summed E-state index contributed by atoms with van der Waals surface area (Å²) in [5, 5.41) is 5.82. The van der Waals surface area contributed by atoms with Gasteiger partial charge < -0.3 is 18.5 Å². The molecule has 0 amide bonds. The molecule has 0 bridgehead atoms. The van der Waals surface area contributed by atoms with Gasteiger partial charge in [-0.2, -0.15) is 5.10 Å². The molecule has 0 aliphatic rings. The first-order valence-corrected chi connectivity index (χ1v) is 12.7. The molecule has 0 saturated heterocycles. The van der Waals surface area contributed by atoms with Gasteiger partial charge in [-0.05, 0) is 47.9 Å². The van der Waals surface area contributed by atoms with Gasteiger partial charge in [0.25, 0.3) is 5.56 Å². The summed E-state index contributed by atoms with van der Waals surface area (Å²) >= 11 is 6.32. The lowest BCUT2D eigenvalue weighted by molar-refractivity contribution is -0.122. The number of nitrogens with zero attached hydrogens (tertiary/aromatic N) is 4. The lowest BCUT2D eigenvalue weighted by atomic mass is 9.97. The molecule has 0 aliphatic carbocycles. The predicted molar refractivity (Wildman–Crippen MR) is 148 cm³/mol. The van der Waals surface area contributed by atoms with Crippen LogP contribution in [0.5, 0.6) is 5.75 Å². The molecule has 3 heterocycles. The first-order valence-electron chi connectivity index (χ1n) is 12.3. The molecule has 1 atom stereocenters. The molecule has 5 aromatic rings. The van der Waals surface area contributed by atoms with Gasteiger partial charge in [0, 0.05) is 61.0 Å². The Kier molecular flexibility index (Phi) is 7.63. The molecule has 10 heteroatoms. The number of hydrogen-bond donors (Lipinski definition) is 0. The average Bonchev–Trinajstić information content (AvgIpc) is 3.58. The molecule has 39 heavy (non-hydrogen) atoms. The Balaban J connectivity index is 1.54. The zero-order chi connectivity index (χ0) is 27.5. The molecular weight excluding hydrogens is 520 g/mol. The third kappa shape index (κ3) is 5.50. The van der Waals surface area contributed by atoms with Gasteiger partial charge in [-0.1, -0.05) is 17.7 Å². The maximum Gasteiger partial charge on any atom is 0.252 e. The van der Waals surface area contributed by atoms with Crippen LogP contribution in [0.2, 0.25) is 5.02 Å². The fourth-order valence-corrected chi connectivity index (χ4v) is 4.93. The van der Waals surface area contributed by atoms with Crippen molar-refractivity contribution >= 4 is 28.3 Å². The van der Waals surface area contributed by atoms with Crippen LogP contribution in [0.1, 0.15) is 18.0 Å². The normalized spacial score (nSPS) is 12.1. The van der Waals surface area contributed by atoms with E-state index in [4.69, 9.17) is 25.5 Å². The van der Waals surface area contributed by atoms with E-state index >= 15 is 0 Å². The highest BCUT2D eigenvalue weighted by Gasteiger charge is 2.24. The molecule has 5 rings (SSSR count). The smallest absolute Gasteiger partial charge is 0.252 e. The molecular formula is C29H27ClN4O5. The van der Waals surface area contributed by atoms with Crippen molar-refractivity contribution in [3.05, 3.63) is 88.4 Å². The van der Waals surface area contributed by atoms with Gasteiger partial charge in [-0.15, -0.1) is 0 Å². The van der Waals surface area contributed by atoms with Crippen molar-refractivity contribution in [2.75, 3.05) is 20.8 Å². The summed E-state index contributed by atoms with van der Waals surface area (Å²) in [6.45, 7) is 0.304. The first kappa shape index (κ1) is 26.4. The number of benzene rings is 2. The van der Waals surface area contributed by atoms with Crippen molar-refractivity contribution in [3.63, 3.8) is 0 Å². The van der Waals surface area contributed by atoms with Gasteiger partial charge >= 0.3 is 0 Å². The number of halogens is 1. The van der Waals surface area contributed by atoms with Gasteiger partial charge in [-0.25, -0.2) is 4.98 Å². The molecule has 3 aromatic heterocycles. The zero-order valence-corrected chi connectivity index (χ0v) is 22.5. The fraction of sp³-hybridized carbons (Fsp3) is 0.241. The number of pyridine rings is 1. The Bertz CT molecular complexity index is 1690. The van der Waals surface area contributed by atoms with E-state index in [-0.39, 0.29) is 17.8 Å². The standard InChI is InChI=1S/C29H27ClN4O5/c1-33-15-19-10-18(4-7-24(19)32-33)11-26(35)25(8-9-37-2)34-16-28(38-3)23(13-29(34)36)22-12-20(30)5-6-21(22)27-14-31-17-39-27/h4-7,10,12-17,25H,8-9,11H2,1-3H3. The van der Waals surface area contributed by atoms with Crippen molar-refractivity contribution in [2.45, 2.75) is 18.9 Å². The SMILES string of the molecule is COCCC(C(=O)Cc1ccc2nn(C)cc2c1)n1cc(OC)c(-c2cc(Cl)ccc2-c2cnco2)cc1=O. The van der Waals surface area contributed by atoms with Gasteiger partial charge in [0.05, 0.1) is 31.1 Å². The van der Waals surface area contributed by atoms with Gasteiger partial charge in [0.15, 0.2) is 17.9 Å². The second-order valence-electron chi connectivity index (χ2n) is 9.19. The van der Waals surface area contributed by atoms with E-state index in [1.54, 1.807) is 42.4 Å². The summed E-state index contributed by atoms with van der Waals surface area (Å²) in [5.41, 5.74) is 3.20. The van der Waals surface area contributed by atoms with Crippen LogP contribution in [0.25, 0.3) is 33.4 Å². The van der Waals surface area contributed by atoms with Crippen molar-refractivity contribution < 1.29 is 18.7 Å². The summed E-state index contributed by atoms with van der Waals surface area (Å²) in [6, 6.07) is 11.7. The van der Waals surface area contributed by atoms with Gasteiger partial charge in [0.2, 0.25) is 0 Å². The highest BCUT2D eigenvalue weighted by atomic mass is 35.5. The summed E-state index contributed by atoms with van der Waals surface area (Å²) in [6.07, 6.45) is 6.88. The number of carbonyl (C=O) groups is 1. The van der Waals surface area contributed by atoms with Crippen molar-refractivity contribution in [2.24, 2.45) is 7.05 Å². The molecule has 1 unspecified atom stereocenters. The second kappa shape index (κ2) is 11.3. The molecule has 0 spiro atoms. The van der Waals surface area contributed by atoms with Gasteiger partial charge in [0.1, 0.15) is 5.75 Å². The van der Waals surface area contributed by atoms with E-state index in [0.717, 1.165) is 16.5 Å². The molecule has 0 N–H and O–H groups in total. The number of Topliss-reactive ketones (excluding diaryl/α,β-unsaturated/α-hetero) is 1. The van der Waals surface area contributed by atoms with E-state index < -0.39 is 6.04 Å². The summed E-state index contributed by atoms with van der Waals surface area (Å²) in [7, 11) is 4.93. The zero-order valence-electron chi connectivity index (χ0n) is 21.8. The molecule has 0 aliphatic heterocycles. The minimum atomic E-state index is -0.752. The lowest BCUT2D eigenvalue weighted by Gasteiger charge is -2.21. The molecule has 0 radical (unpaired) electrons. The number of methoxy groups -OCH3 is 2. The van der Waals surface area contributed by atoms with Crippen molar-refractivity contribution in [1.82, 2.24) is 19.3 Å². The van der Waals surface area contributed by atoms with Crippen LogP contribution in [-0.2, 0) is 23.0 Å². The molecule has 9 nitrogen and oxygen atoms in total. The fourth-order valence-electron chi connectivity index (χ4n) is 4.76. The van der Waals surface area contributed by atoms with Gasteiger partial charge in [-0.3, -0.25) is 14.3 Å². The molecule has 0 saturated carbocycles. The molecule has 2 aromatic carbocycles. The number of ether oxygens (including phenoxy) is 2. The number of oxazole rings is 1. The number of aryl methyl sites for hydroxylation is 1. The number of ketones is 1. The van der Waals surface area contributed by atoms with Crippen molar-refractivity contribution in [3.8, 4) is 28.2 Å². The molecule has 0 fully saturated rings. The minimum absolute atomic E-state index is 0.114. The lowest BCUT2D eigenvalue weighted by Crippen LogP contribution is -2.31. The number of hydrogen-bond acceptors (Lipinski definition) is 7. The van der Waals surface area contributed by atoms with E-state index in [2.05, 4.69) is 10.1 Å². The van der Waals surface area contributed by atoms with Crippen LogP contribution in [-0.4, -0.2) is 45.9 Å². The largest absolute Gasteiger partial charge is 0.495 e. The summed E-state index contributed by atoms with van der Waals surface area (Å²) in [4.78, 5) is 31.1. The molecule has 200 valence electrons. The highest BCUT2D eigenvalue weighted by Crippen LogP contribution is 2.38. The third-order valence-corrected chi connectivity index (χ3v) is 6.83. The average molecular weight is 547 g/mol. The number of aromatic nitrogens is 4. The van der Waals surface area contributed by atoms with Crippen LogP contribution in [0.15, 0.2) is 76.7 Å². The van der Waals surface area contributed by atoms with Crippen LogP contribution in [0.3, 0.4) is 0 Å². The van der Waals surface area contributed by atoms with E-state index in [1.807, 2.05) is 31.4 Å². The topological polar surface area (TPSA) is 101 Å². The van der Waals surface area contributed by atoms with Crippen molar-refractivity contribution in [1.29, 1.82) is 0 Å². The van der Waals surface area contributed by atoms with Crippen LogP contribution < -0.4 is 10.3 Å². The second-order valence-corrected chi connectivity index (χ2v) is 9.63. The maximum atomic E-state index is 13.6. The maximum absolute atomic E-state index is 13.6. The third-order valence-electron chi connectivity index (χ3n) is 6.60. The van der Waals surface area contributed by atoms with E-state index in [1.165, 1.54) is 24.1 Å². The highest BCUT2D eigenvalue weighted by molar-refractivity contribution is 6.31. The Morgan fingerprint density at radius 2 is 1.92 bits per heavy atom. The quantitative estimate of drug-likeness (QED) is 0.240. The first-order chi connectivity index (χ1) is 18.9. The minimum Gasteiger partial charge on any atom is -0.495 e. The van der Waals surface area contributed by atoms with Crippen LogP contribution in [0.4, 0.5) is 0 Å². The summed E-state index contributed by atoms with van der Waals surface area (Å²) < 4.78 is 19.6. The Morgan fingerprint density at radius 1 is 1.08 bits per heavy atom. The van der Waals surface area contributed by atoms with Crippen LogP contribution >= 0.6 is 11.6 Å². The number of carbonyl (C=O) groups excluding carboxylic acids is 1. The Labute approximate surface area is 229 Å². The van der Waals surface area contributed by atoms with E-state index in [9.17, 15) is 9.59 Å². The Morgan fingerprint density at radius 3 is 2.67 bits per heavy atom. The van der Waals surface area contributed by atoms with E-state index in [0.29, 0.717) is 46.3 Å². The van der Waals surface area contributed by atoms with Crippen LogP contribution in [0, 0.1) is 0 Å². The number of rotatable bonds is 10. The predicted octanol–water partition coefficient (Wildman–Crippen LogP) is 5.11.